The van der Waals surface area contributed by atoms with Crippen molar-refractivity contribution >= 4 is 32.5 Å². The number of nitrogens with zero attached hydrogens (tertiary/aromatic N) is 1. The first kappa shape index (κ1) is 26.8. The molecule has 3 N–H and O–H groups in total. The van der Waals surface area contributed by atoms with E-state index in [9.17, 15) is 18.0 Å². The lowest BCUT2D eigenvalue weighted by Gasteiger charge is -2.23. The molecule has 0 atom stereocenters. The normalized spacial score (nSPS) is 14.7. The van der Waals surface area contributed by atoms with E-state index >= 15 is 0 Å². The highest BCUT2D eigenvalue weighted by Gasteiger charge is 2.23. The summed E-state index contributed by atoms with van der Waals surface area (Å²) in [6.45, 7) is 8.95. The molecule has 37 heavy (non-hydrogen) atoms. The van der Waals surface area contributed by atoms with Crippen molar-refractivity contribution in [3.63, 3.8) is 0 Å². The largest absolute Gasteiger partial charge is 0.370 e. The van der Waals surface area contributed by atoms with Crippen LogP contribution in [0.5, 0.6) is 0 Å². The van der Waals surface area contributed by atoms with Crippen molar-refractivity contribution in [2.75, 3.05) is 50.7 Å². The van der Waals surface area contributed by atoms with Gasteiger partial charge in [0.15, 0.2) is 0 Å². The molecule has 1 aliphatic rings. The van der Waals surface area contributed by atoms with Crippen molar-refractivity contribution in [1.29, 1.82) is 0 Å². The number of morpholine rings is 1. The summed E-state index contributed by atoms with van der Waals surface area (Å²) < 4.78 is 33.3. The Balaban J connectivity index is 1.51. The predicted octanol–water partition coefficient (Wildman–Crippen LogP) is 1.51. The smallest absolute Gasteiger partial charge is 0.264 e. The molecule has 4 rings (SSSR count). The molecule has 2 heterocycles. The number of amides is 1. The fourth-order valence-corrected chi connectivity index (χ4v) is 5.66. The Labute approximate surface area is 217 Å². The van der Waals surface area contributed by atoms with Crippen molar-refractivity contribution in [3.8, 4) is 0 Å². The molecule has 2 aromatic carbocycles. The van der Waals surface area contributed by atoms with Gasteiger partial charge in [0, 0.05) is 37.1 Å². The van der Waals surface area contributed by atoms with Gasteiger partial charge < -0.3 is 19.9 Å². The summed E-state index contributed by atoms with van der Waals surface area (Å²) in [6, 6.07) is 11.7. The van der Waals surface area contributed by atoms with Crippen LogP contribution >= 0.6 is 0 Å². The summed E-state index contributed by atoms with van der Waals surface area (Å²) in [5.41, 5.74) is 1.54. The number of rotatable bonds is 9. The van der Waals surface area contributed by atoms with Crippen LogP contribution in [0.1, 0.15) is 42.1 Å². The second-order valence-corrected chi connectivity index (χ2v) is 11.6. The van der Waals surface area contributed by atoms with E-state index < -0.39 is 21.4 Å². The first-order valence-electron chi connectivity index (χ1n) is 12.6. The average molecular weight is 528 g/mol. The van der Waals surface area contributed by atoms with Gasteiger partial charge in [-0.05, 0) is 41.8 Å². The maximum absolute atomic E-state index is 13.4. The minimum atomic E-state index is -3.93. The van der Waals surface area contributed by atoms with E-state index in [1.54, 1.807) is 18.2 Å². The summed E-state index contributed by atoms with van der Waals surface area (Å²) in [5.74, 6) is -0.142. The lowest BCUT2D eigenvalue weighted by atomic mass is 10.0. The van der Waals surface area contributed by atoms with Gasteiger partial charge in [-0.15, -0.1) is 0 Å². The number of hydrogen-bond donors (Lipinski definition) is 3. The monoisotopic (exact) mass is 527 g/mol. The Kier molecular flexibility index (Phi) is 8.31. The minimum absolute atomic E-state index is 0.0213. The van der Waals surface area contributed by atoms with Gasteiger partial charge in [0.25, 0.3) is 15.9 Å². The summed E-state index contributed by atoms with van der Waals surface area (Å²) in [4.78, 5) is 30.3. The number of aromatic amines is 1. The van der Waals surface area contributed by atoms with E-state index in [1.807, 2.05) is 12.1 Å². The van der Waals surface area contributed by atoms with E-state index in [0.717, 1.165) is 44.8 Å². The molecule has 0 spiro atoms. The van der Waals surface area contributed by atoms with Gasteiger partial charge in [0.2, 0.25) is 5.43 Å². The van der Waals surface area contributed by atoms with Gasteiger partial charge in [-0.2, -0.15) is 0 Å². The van der Waals surface area contributed by atoms with Gasteiger partial charge in [-0.3, -0.25) is 13.9 Å². The van der Waals surface area contributed by atoms with Crippen molar-refractivity contribution in [2.24, 2.45) is 0 Å². The molecule has 198 valence electrons. The Morgan fingerprint density at radius 2 is 1.84 bits per heavy atom. The number of anilines is 1. The minimum Gasteiger partial charge on any atom is -0.370 e. The summed E-state index contributed by atoms with van der Waals surface area (Å²) in [6.07, 6.45) is 2.17. The number of hydrogen-bond acceptors (Lipinski definition) is 5. The first-order chi connectivity index (χ1) is 17.7. The zero-order valence-corrected chi connectivity index (χ0v) is 22.4. The number of ether oxygens (including phenoxy) is 1. The number of fused-ring (bicyclic) bond motifs is 1. The maximum Gasteiger partial charge on any atom is 0.264 e. The Morgan fingerprint density at radius 1 is 1.14 bits per heavy atom. The topological polar surface area (TPSA) is 113 Å². The predicted molar refractivity (Wildman–Crippen MR) is 144 cm³/mol. The van der Waals surface area contributed by atoms with E-state index in [1.165, 1.54) is 34.6 Å². The van der Waals surface area contributed by atoms with Crippen LogP contribution in [0.4, 0.5) is 5.69 Å². The fraction of sp³-hybridized carbons (Fsp3) is 0.407. The fourth-order valence-electron chi connectivity index (χ4n) is 4.44. The molecular weight excluding hydrogens is 492 g/mol. The zero-order valence-electron chi connectivity index (χ0n) is 21.5. The van der Waals surface area contributed by atoms with E-state index in [-0.39, 0.29) is 15.8 Å². The number of pyridine rings is 1. The molecule has 0 aliphatic carbocycles. The molecule has 0 radical (unpaired) electrons. The van der Waals surface area contributed by atoms with Crippen LogP contribution < -0.4 is 20.0 Å². The molecular formula is C27H35N4O5S+. The van der Waals surface area contributed by atoms with Gasteiger partial charge in [0.1, 0.15) is 18.7 Å². The molecule has 0 unspecified atom stereocenters. The molecule has 9 nitrogen and oxygen atoms in total. The van der Waals surface area contributed by atoms with Crippen LogP contribution in [0.3, 0.4) is 0 Å². The van der Waals surface area contributed by atoms with Crippen LogP contribution in [0.2, 0.25) is 0 Å². The number of carbonyl (C=O) groups is 1. The second-order valence-electron chi connectivity index (χ2n) is 9.68. The van der Waals surface area contributed by atoms with Crippen molar-refractivity contribution in [2.45, 2.75) is 31.1 Å². The lowest BCUT2D eigenvalue weighted by Crippen LogP contribution is -3.14. The van der Waals surface area contributed by atoms with Crippen LogP contribution in [0.25, 0.3) is 10.9 Å². The molecule has 1 aliphatic heterocycles. The third-order valence-corrected chi connectivity index (χ3v) is 8.65. The third kappa shape index (κ3) is 6.03. The molecule has 0 saturated carbocycles. The van der Waals surface area contributed by atoms with E-state index in [4.69, 9.17) is 4.74 Å². The van der Waals surface area contributed by atoms with Gasteiger partial charge >= 0.3 is 0 Å². The summed E-state index contributed by atoms with van der Waals surface area (Å²) >= 11 is 0. The third-order valence-electron chi connectivity index (χ3n) is 6.87. The molecule has 1 saturated heterocycles. The standard InChI is InChI=1S/C27H34N4O5S/c1-19(2)20-5-7-21(8-6-20)30(3)37(34,35)22-9-10-25-23(17-22)26(32)24(18-29-25)27(33)28-11-4-12-31-13-15-36-16-14-31/h5-10,17-19H,4,11-16H2,1-3H3,(H,28,33)(H,29,32)/p+1. The molecule has 0 bridgehead atoms. The average Bonchev–Trinajstić information content (AvgIpc) is 2.91. The quantitative estimate of drug-likeness (QED) is 0.365. The number of carbonyl (C=O) groups excluding carboxylic acids is 1. The zero-order chi connectivity index (χ0) is 26.6. The number of H-pyrrole nitrogens is 1. The highest BCUT2D eigenvalue weighted by molar-refractivity contribution is 7.92. The van der Waals surface area contributed by atoms with Crippen LogP contribution in [-0.2, 0) is 14.8 Å². The number of sulfonamides is 1. The van der Waals surface area contributed by atoms with Crippen LogP contribution in [0.15, 0.2) is 58.4 Å². The Hall–Kier alpha value is -3.21. The molecule has 3 aromatic rings. The number of aromatic nitrogens is 1. The van der Waals surface area contributed by atoms with Gasteiger partial charge in [0.05, 0.1) is 30.3 Å². The second kappa shape index (κ2) is 11.5. The van der Waals surface area contributed by atoms with Crippen LogP contribution in [0, 0.1) is 0 Å². The molecule has 1 amide bonds. The molecule has 1 aromatic heterocycles. The molecule has 1 fully saturated rings. The maximum atomic E-state index is 13.4. The van der Waals surface area contributed by atoms with Crippen molar-refractivity contribution in [3.05, 3.63) is 70.0 Å². The lowest BCUT2D eigenvalue weighted by molar-refractivity contribution is -0.908. The summed E-state index contributed by atoms with van der Waals surface area (Å²) in [5, 5.41) is 2.96. The highest BCUT2D eigenvalue weighted by Crippen LogP contribution is 2.25. The Bertz CT molecular complexity index is 1410. The number of quaternary nitrogens is 1. The van der Waals surface area contributed by atoms with Crippen molar-refractivity contribution in [1.82, 2.24) is 10.3 Å². The number of nitrogens with one attached hydrogen (secondary N) is 3. The number of benzene rings is 2. The van der Waals surface area contributed by atoms with E-state index in [0.29, 0.717) is 23.7 Å². The Morgan fingerprint density at radius 3 is 2.51 bits per heavy atom. The summed E-state index contributed by atoms with van der Waals surface area (Å²) in [7, 11) is -2.44. The van der Waals surface area contributed by atoms with Crippen LogP contribution in [-0.4, -0.2) is 65.7 Å². The highest BCUT2D eigenvalue weighted by atomic mass is 32.2. The van der Waals surface area contributed by atoms with Gasteiger partial charge in [-0.1, -0.05) is 26.0 Å². The first-order valence-corrected chi connectivity index (χ1v) is 14.1. The van der Waals surface area contributed by atoms with Gasteiger partial charge in [-0.25, -0.2) is 8.42 Å². The van der Waals surface area contributed by atoms with Crippen molar-refractivity contribution < 1.29 is 22.8 Å². The SMILES string of the molecule is CC(C)c1ccc(N(C)S(=O)(=O)c2ccc3[nH]cc(C(=O)NCCC[NH+]4CCOCC4)c(=O)c3c2)cc1. The molecule has 10 heteroatoms. The van der Waals surface area contributed by atoms with E-state index in [2.05, 4.69) is 24.1 Å².